The van der Waals surface area contributed by atoms with Gasteiger partial charge in [0.15, 0.2) is 0 Å². The monoisotopic (exact) mass is 420 g/mol. The van der Waals surface area contributed by atoms with Crippen LogP contribution < -0.4 is 9.47 Å². The molecule has 2 aromatic carbocycles. The van der Waals surface area contributed by atoms with Crippen LogP contribution in [0.3, 0.4) is 0 Å². The van der Waals surface area contributed by atoms with Gasteiger partial charge in [-0.3, -0.25) is 0 Å². The molecule has 0 bridgehead atoms. The largest absolute Gasteiger partial charge is 0.493 e. The van der Waals surface area contributed by atoms with E-state index in [2.05, 4.69) is 22.9 Å². The van der Waals surface area contributed by atoms with Gasteiger partial charge in [-0.15, -0.1) is 0 Å². The number of ether oxygens (including phenoxy) is 2. The summed E-state index contributed by atoms with van der Waals surface area (Å²) in [5.74, 6) is -0.881. The summed E-state index contributed by atoms with van der Waals surface area (Å²) in [6, 6.07) is 11.1. The molecule has 0 unspecified atom stereocenters. The summed E-state index contributed by atoms with van der Waals surface area (Å²) in [6.07, 6.45) is 4.33. The summed E-state index contributed by atoms with van der Waals surface area (Å²) >= 11 is 3.23. The molecule has 138 valence electrons. The van der Waals surface area contributed by atoms with E-state index in [0.717, 1.165) is 25.7 Å². The van der Waals surface area contributed by atoms with Crippen molar-refractivity contribution < 1.29 is 24.2 Å². The Kier molecular flexibility index (Phi) is 7.66. The van der Waals surface area contributed by atoms with Crippen LogP contribution in [0.5, 0.6) is 11.5 Å². The van der Waals surface area contributed by atoms with Crippen molar-refractivity contribution in [3.63, 3.8) is 0 Å². The summed E-state index contributed by atoms with van der Waals surface area (Å²) in [5, 5.41) is 8.99. The number of carbonyl (C=O) groups excluding carboxylic acids is 1. The van der Waals surface area contributed by atoms with E-state index in [1.165, 1.54) is 18.2 Å². The fraction of sp³-hybridized carbons (Fsp3) is 0.300. The zero-order valence-electron chi connectivity index (χ0n) is 14.5. The third-order valence-electron chi connectivity index (χ3n) is 3.74. The van der Waals surface area contributed by atoms with Gasteiger partial charge in [0, 0.05) is 0 Å². The molecule has 6 heteroatoms. The third-order valence-corrected chi connectivity index (χ3v) is 4.36. The maximum Gasteiger partial charge on any atom is 0.347 e. The van der Waals surface area contributed by atoms with Crippen LogP contribution in [0.4, 0.5) is 0 Å². The van der Waals surface area contributed by atoms with Crippen molar-refractivity contribution >= 4 is 27.9 Å². The van der Waals surface area contributed by atoms with Crippen LogP contribution >= 0.6 is 15.9 Å². The molecule has 2 rings (SSSR count). The normalized spacial score (nSPS) is 10.4. The Bertz CT molecular complexity index is 773. The molecule has 0 radical (unpaired) electrons. The fourth-order valence-corrected chi connectivity index (χ4v) is 2.80. The van der Waals surface area contributed by atoms with Gasteiger partial charge in [0.05, 0.1) is 16.6 Å². The third kappa shape index (κ3) is 5.59. The molecule has 0 amide bonds. The SMILES string of the molecule is CCCCCCOc1ccccc1C(=O)Oc1ccc(C(=O)O)cc1Br. The van der Waals surface area contributed by atoms with Gasteiger partial charge in [-0.05, 0) is 52.7 Å². The smallest absolute Gasteiger partial charge is 0.347 e. The second-order valence-corrected chi connectivity index (χ2v) is 6.60. The lowest BCUT2D eigenvalue weighted by atomic mass is 10.2. The highest BCUT2D eigenvalue weighted by Gasteiger charge is 2.17. The van der Waals surface area contributed by atoms with Gasteiger partial charge in [-0.2, -0.15) is 0 Å². The minimum absolute atomic E-state index is 0.104. The summed E-state index contributed by atoms with van der Waals surface area (Å²) in [4.78, 5) is 23.5. The number of carboxylic acids is 1. The number of carbonyl (C=O) groups is 2. The van der Waals surface area contributed by atoms with Crippen molar-refractivity contribution in [3.8, 4) is 11.5 Å². The Morgan fingerprint density at radius 3 is 2.50 bits per heavy atom. The van der Waals surface area contributed by atoms with Gasteiger partial charge < -0.3 is 14.6 Å². The van der Waals surface area contributed by atoms with E-state index < -0.39 is 11.9 Å². The number of hydrogen-bond donors (Lipinski definition) is 1. The molecule has 2 aromatic rings. The van der Waals surface area contributed by atoms with E-state index in [1.807, 2.05) is 0 Å². The van der Waals surface area contributed by atoms with E-state index in [-0.39, 0.29) is 11.3 Å². The number of halogens is 1. The molecule has 0 spiro atoms. The van der Waals surface area contributed by atoms with Crippen molar-refractivity contribution in [2.24, 2.45) is 0 Å². The summed E-state index contributed by atoms with van der Waals surface area (Å²) in [6.45, 7) is 2.69. The number of rotatable bonds is 9. The predicted octanol–water partition coefficient (Wildman–Crippen LogP) is 5.33. The van der Waals surface area contributed by atoms with Gasteiger partial charge in [-0.25, -0.2) is 9.59 Å². The lowest BCUT2D eigenvalue weighted by Crippen LogP contribution is -2.12. The van der Waals surface area contributed by atoms with Crippen molar-refractivity contribution in [1.82, 2.24) is 0 Å². The second-order valence-electron chi connectivity index (χ2n) is 5.75. The fourth-order valence-electron chi connectivity index (χ4n) is 2.34. The number of carboxylic acid groups (broad SMARTS) is 1. The zero-order chi connectivity index (χ0) is 18.9. The van der Waals surface area contributed by atoms with E-state index >= 15 is 0 Å². The Hall–Kier alpha value is -2.34. The molecule has 0 aliphatic rings. The highest BCUT2D eigenvalue weighted by molar-refractivity contribution is 9.10. The molecule has 0 aromatic heterocycles. The highest BCUT2D eigenvalue weighted by Crippen LogP contribution is 2.28. The molecule has 0 saturated heterocycles. The van der Waals surface area contributed by atoms with Crippen molar-refractivity contribution in [1.29, 1.82) is 0 Å². The Labute approximate surface area is 161 Å². The van der Waals surface area contributed by atoms with Crippen LogP contribution in [0.15, 0.2) is 46.9 Å². The summed E-state index contributed by atoms with van der Waals surface area (Å²) in [7, 11) is 0. The molecular formula is C20H21BrO5. The minimum Gasteiger partial charge on any atom is -0.493 e. The van der Waals surface area contributed by atoms with Gasteiger partial charge in [0.1, 0.15) is 17.1 Å². The zero-order valence-corrected chi connectivity index (χ0v) is 16.1. The molecule has 5 nitrogen and oxygen atoms in total. The average molecular weight is 421 g/mol. The quantitative estimate of drug-likeness (QED) is 0.337. The lowest BCUT2D eigenvalue weighted by molar-refractivity contribution is 0.0696. The number of aromatic carboxylic acids is 1. The van der Waals surface area contributed by atoms with Crippen LogP contribution in [-0.2, 0) is 0 Å². The minimum atomic E-state index is -1.05. The predicted molar refractivity (Wildman–Crippen MR) is 102 cm³/mol. The second kappa shape index (κ2) is 9.97. The van der Waals surface area contributed by atoms with Gasteiger partial charge in [0.2, 0.25) is 0 Å². The number of para-hydroxylation sites is 1. The van der Waals surface area contributed by atoms with Gasteiger partial charge >= 0.3 is 11.9 Å². The average Bonchev–Trinajstić information content (AvgIpc) is 2.63. The van der Waals surface area contributed by atoms with Crippen molar-refractivity contribution in [2.75, 3.05) is 6.61 Å². The molecule has 26 heavy (non-hydrogen) atoms. The van der Waals surface area contributed by atoms with Crippen LogP contribution in [0.2, 0.25) is 0 Å². The molecule has 0 heterocycles. The maximum atomic E-state index is 12.5. The summed E-state index contributed by atoms with van der Waals surface area (Å²) in [5.41, 5.74) is 0.435. The van der Waals surface area contributed by atoms with Crippen molar-refractivity contribution in [3.05, 3.63) is 58.1 Å². The molecule has 0 fully saturated rings. The molecule has 0 aliphatic carbocycles. The van der Waals surface area contributed by atoms with E-state index in [9.17, 15) is 9.59 Å². The number of benzene rings is 2. The van der Waals surface area contributed by atoms with Gasteiger partial charge in [-0.1, -0.05) is 38.3 Å². The van der Waals surface area contributed by atoms with Crippen molar-refractivity contribution in [2.45, 2.75) is 32.6 Å². The topological polar surface area (TPSA) is 72.8 Å². The summed E-state index contributed by atoms with van der Waals surface area (Å²) < 4.78 is 11.5. The first-order chi connectivity index (χ1) is 12.5. The Morgan fingerprint density at radius 2 is 1.81 bits per heavy atom. The molecular weight excluding hydrogens is 400 g/mol. The first-order valence-corrected chi connectivity index (χ1v) is 9.29. The van der Waals surface area contributed by atoms with Crippen LogP contribution in [0.25, 0.3) is 0 Å². The Morgan fingerprint density at radius 1 is 1.04 bits per heavy atom. The molecule has 0 saturated carbocycles. The first kappa shape index (κ1) is 20.0. The number of unbranched alkanes of at least 4 members (excludes halogenated alkanes) is 3. The Balaban J connectivity index is 2.06. The maximum absolute atomic E-state index is 12.5. The lowest BCUT2D eigenvalue weighted by Gasteiger charge is -2.12. The van der Waals surface area contributed by atoms with Crippen LogP contribution in [0, 0.1) is 0 Å². The standard InChI is InChI=1S/C20H21BrO5/c1-2-3-4-7-12-25-17-9-6-5-8-15(17)20(24)26-18-11-10-14(19(22)23)13-16(18)21/h5-6,8-11,13H,2-4,7,12H2,1H3,(H,22,23). The van der Waals surface area contributed by atoms with E-state index in [4.69, 9.17) is 14.6 Å². The van der Waals surface area contributed by atoms with Crippen LogP contribution in [0.1, 0.15) is 53.3 Å². The highest BCUT2D eigenvalue weighted by atomic mass is 79.9. The van der Waals surface area contributed by atoms with E-state index in [0.29, 0.717) is 22.4 Å². The molecule has 0 atom stereocenters. The first-order valence-electron chi connectivity index (χ1n) is 8.49. The molecule has 1 N–H and O–H groups in total. The number of esters is 1. The number of hydrogen-bond acceptors (Lipinski definition) is 4. The van der Waals surface area contributed by atoms with Gasteiger partial charge in [0.25, 0.3) is 0 Å². The van der Waals surface area contributed by atoms with Crippen LogP contribution in [-0.4, -0.2) is 23.7 Å². The van der Waals surface area contributed by atoms with E-state index in [1.54, 1.807) is 24.3 Å². The molecule has 0 aliphatic heterocycles.